The molecule has 2 rings (SSSR count). The molecule has 0 bridgehead atoms. The average molecular weight is 374 g/mol. The summed E-state index contributed by atoms with van der Waals surface area (Å²) in [6.07, 6.45) is 1.24. The van der Waals surface area contributed by atoms with Crippen LogP contribution < -0.4 is 16.0 Å². The summed E-state index contributed by atoms with van der Waals surface area (Å²) in [6, 6.07) is 5.10. The summed E-state index contributed by atoms with van der Waals surface area (Å²) in [5.41, 5.74) is -0.267. The number of nitrogens with one attached hydrogen (secondary N) is 1. The third-order valence-electron chi connectivity index (χ3n) is 3.03. The van der Waals surface area contributed by atoms with E-state index < -0.39 is 11.2 Å². The summed E-state index contributed by atoms with van der Waals surface area (Å²) in [7, 11) is 1.48. The molecule has 0 saturated carbocycles. The number of aromatic amines is 1. The fourth-order valence-electron chi connectivity index (χ4n) is 2.07. The summed E-state index contributed by atoms with van der Waals surface area (Å²) in [5.74, 6) is 0.426. The van der Waals surface area contributed by atoms with Gasteiger partial charge in [0.2, 0.25) is 0 Å². The summed E-state index contributed by atoms with van der Waals surface area (Å²) in [4.78, 5) is 27.2. The first-order chi connectivity index (χ1) is 9.99. The molecule has 0 amide bonds. The number of ether oxygens (including phenoxy) is 1. The van der Waals surface area contributed by atoms with Crippen molar-refractivity contribution < 1.29 is 4.74 Å². The van der Waals surface area contributed by atoms with E-state index in [9.17, 15) is 9.59 Å². The molecule has 1 aromatic carbocycles. The Morgan fingerprint density at radius 2 is 2.10 bits per heavy atom. The zero-order valence-corrected chi connectivity index (χ0v) is 13.9. The molecule has 5 nitrogen and oxygen atoms in total. The Morgan fingerprint density at radius 1 is 1.38 bits per heavy atom. The third kappa shape index (κ3) is 3.06. The molecule has 0 aliphatic rings. The molecule has 1 aromatic heterocycles. The number of aromatic nitrogens is 2. The molecule has 1 N–H and O–H groups in total. The summed E-state index contributed by atoms with van der Waals surface area (Å²) < 4.78 is 7.00. The third-order valence-corrected chi connectivity index (χ3v) is 3.84. The van der Waals surface area contributed by atoms with Crippen molar-refractivity contribution in [3.63, 3.8) is 0 Å². The van der Waals surface area contributed by atoms with Crippen molar-refractivity contribution in [3.05, 3.63) is 54.2 Å². The van der Waals surface area contributed by atoms with Crippen LogP contribution in [0.1, 0.15) is 18.9 Å². The van der Waals surface area contributed by atoms with Gasteiger partial charge in [-0.1, -0.05) is 40.9 Å². The number of nitrogens with zero attached hydrogens (tertiary/aromatic N) is 1. The van der Waals surface area contributed by atoms with Crippen LogP contribution in [-0.2, 0) is 6.42 Å². The van der Waals surface area contributed by atoms with Gasteiger partial charge in [0.15, 0.2) is 0 Å². The predicted octanol–water partition coefficient (Wildman–Crippen LogP) is 2.90. The second-order valence-corrected chi connectivity index (χ2v) is 5.72. The Morgan fingerprint density at radius 3 is 2.71 bits per heavy atom. The molecule has 7 heteroatoms. The van der Waals surface area contributed by atoms with Crippen molar-refractivity contribution in [1.29, 1.82) is 0 Å². The molecule has 0 aliphatic carbocycles. The first kappa shape index (κ1) is 15.9. The maximum Gasteiger partial charge on any atom is 0.334 e. The van der Waals surface area contributed by atoms with Crippen LogP contribution in [-0.4, -0.2) is 16.7 Å². The Kier molecular flexibility index (Phi) is 4.90. The molecule has 0 fully saturated rings. The Labute approximate surface area is 134 Å². The lowest BCUT2D eigenvalue weighted by atomic mass is 10.2. The van der Waals surface area contributed by atoms with Crippen LogP contribution in [0.5, 0.6) is 5.75 Å². The van der Waals surface area contributed by atoms with E-state index in [0.29, 0.717) is 23.4 Å². The lowest BCUT2D eigenvalue weighted by Gasteiger charge is -2.12. The molecule has 0 aliphatic heterocycles. The molecule has 0 radical (unpaired) electrons. The zero-order chi connectivity index (χ0) is 15.6. The van der Waals surface area contributed by atoms with Gasteiger partial charge in [-0.2, -0.15) is 0 Å². The van der Waals surface area contributed by atoms with Gasteiger partial charge in [0, 0.05) is 4.47 Å². The molecular weight excluding hydrogens is 360 g/mol. The highest BCUT2D eigenvalue weighted by atomic mass is 79.9. The Hall–Kier alpha value is -1.53. The number of methoxy groups -OCH3 is 1. The second kappa shape index (κ2) is 6.49. The zero-order valence-electron chi connectivity index (χ0n) is 11.6. The number of halogens is 2. The van der Waals surface area contributed by atoms with Gasteiger partial charge >= 0.3 is 5.69 Å². The van der Waals surface area contributed by atoms with E-state index in [0.717, 1.165) is 15.5 Å². The van der Waals surface area contributed by atoms with Crippen LogP contribution in [0.15, 0.2) is 32.3 Å². The number of hydrogen-bond acceptors (Lipinski definition) is 3. The SMILES string of the molecule is CCCc1c(Cl)[nH]c(=O)n(-c2cc(Br)ccc2OC)c1=O. The summed E-state index contributed by atoms with van der Waals surface area (Å²) in [5, 5.41) is 0.0945. The number of H-pyrrole nitrogens is 1. The summed E-state index contributed by atoms with van der Waals surface area (Å²) in [6.45, 7) is 1.94. The predicted molar refractivity (Wildman–Crippen MR) is 85.9 cm³/mol. The van der Waals surface area contributed by atoms with Gasteiger partial charge in [0.05, 0.1) is 18.4 Å². The van der Waals surface area contributed by atoms with Crippen molar-refractivity contribution in [3.8, 4) is 11.4 Å². The van der Waals surface area contributed by atoms with Gasteiger partial charge in [-0.3, -0.25) is 9.78 Å². The van der Waals surface area contributed by atoms with E-state index >= 15 is 0 Å². The highest BCUT2D eigenvalue weighted by molar-refractivity contribution is 9.10. The van der Waals surface area contributed by atoms with E-state index in [1.807, 2.05) is 6.92 Å². The monoisotopic (exact) mass is 372 g/mol. The molecule has 1 heterocycles. The van der Waals surface area contributed by atoms with Crippen LogP contribution in [0.4, 0.5) is 0 Å². The van der Waals surface area contributed by atoms with E-state index in [1.54, 1.807) is 18.2 Å². The van der Waals surface area contributed by atoms with Gasteiger partial charge < -0.3 is 4.74 Å². The van der Waals surface area contributed by atoms with Gasteiger partial charge in [0.1, 0.15) is 10.9 Å². The van der Waals surface area contributed by atoms with Gasteiger partial charge in [-0.25, -0.2) is 9.36 Å². The van der Waals surface area contributed by atoms with Crippen molar-refractivity contribution in [2.45, 2.75) is 19.8 Å². The molecule has 2 aromatic rings. The molecular formula is C14H14BrClN2O3. The van der Waals surface area contributed by atoms with E-state index in [4.69, 9.17) is 16.3 Å². The number of hydrogen-bond donors (Lipinski definition) is 1. The van der Waals surface area contributed by atoms with Gasteiger partial charge in [-0.05, 0) is 24.6 Å². The fourth-order valence-corrected chi connectivity index (χ4v) is 2.67. The molecule has 21 heavy (non-hydrogen) atoms. The lowest BCUT2D eigenvalue weighted by molar-refractivity contribution is 0.412. The average Bonchev–Trinajstić information content (AvgIpc) is 2.43. The highest BCUT2D eigenvalue weighted by Crippen LogP contribution is 2.25. The van der Waals surface area contributed by atoms with Crippen LogP contribution in [0.25, 0.3) is 5.69 Å². The Balaban J connectivity index is 2.81. The minimum absolute atomic E-state index is 0.0945. The van der Waals surface area contributed by atoms with Gasteiger partial charge in [-0.15, -0.1) is 0 Å². The van der Waals surface area contributed by atoms with E-state index in [-0.39, 0.29) is 5.15 Å². The first-order valence-corrected chi connectivity index (χ1v) is 7.54. The minimum atomic E-state index is -0.596. The number of rotatable bonds is 4. The normalized spacial score (nSPS) is 10.7. The first-order valence-electron chi connectivity index (χ1n) is 6.37. The topological polar surface area (TPSA) is 64.1 Å². The van der Waals surface area contributed by atoms with Crippen molar-refractivity contribution in [2.24, 2.45) is 0 Å². The van der Waals surface area contributed by atoms with E-state index in [1.165, 1.54) is 7.11 Å². The molecule has 0 spiro atoms. The quantitative estimate of drug-likeness (QED) is 0.838. The van der Waals surface area contributed by atoms with E-state index in [2.05, 4.69) is 20.9 Å². The molecule has 0 unspecified atom stereocenters. The van der Waals surface area contributed by atoms with Crippen LogP contribution in [0.2, 0.25) is 5.15 Å². The lowest BCUT2D eigenvalue weighted by Crippen LogP contribution is -2.36. The summed E-state index contributed by atoms with van der Waals surface area (Å²) >= 11 is 9.29. The minimum Gasteiger partial charge on any atom is -0.495 e. The standard InChI is InChI=1S/C14H14BrClN2O3/c1-3-4-9-12(16)17-14(20)18(13(9)19)10-7-8(15)5-6-11(10)21-2/h5-7H,3-4H2,1-2H3,(H,17,20). The van der Waals surface area contributed by atoms with Crippen LogP contribution >= 0.6 is 27.5 Å². The smallest absolute Gasteiger partial charge is 0.334 e. The van der Waals surface area contributed by atoms with Crippen LogP contribution in [0.3, 0.4) is 0 Å². The van der Waals surface area contributed by atoms with Crippen LogP contribution in [0, 0.1) is 0 Å². The fraction of sp³-hybridized carbons (Fsp3) is 0.286. The maximum absolute atomic E-state index is 12.6. The van der Waals surface area contributed by atoms with Crippen molar-refractivity contribution >= 4 is 27.5 Å². The maximum atomic E-state index is 12.6. The second-order valence-electron chi connectivity index (χ2n) is 4.43. The molecule has 112 valence electrons. The Bertz CT molecular complexity index is 783. The van der Waals surface area contributed by atoms with Crippen molar-refractivity contribution in [2.75, 3.05) is 7.11 Å². The number of benzene rings is 1. The highest BCUT2D eigenvalue weighted by Gasteiger charge is 2.16. The van der Waals surface area contributed by atoms with Crippen molar-refractivity contribution in [1.82, 2.24) is 9.55 Å². The largest absolute Gasteiger partial charge is 0.495 e. The molecule has 0 saturated heterocycles. The molecule has 0 atom stereocenters. The van der Waals surface area contributed by atoms with Gasteiger partial charge in [0.25, 0.3) is 5.56 Å².